The average molecular weight is 373 g/mol. The van der Waals surface area contributed by atoms with Crippen LogP contribution in [0.25, 0.3) is 0 Å². The topological polar surface area (TPSA) is 82.1 Å². The molecule has 1 amide bonds. The number of piperidine rings is 1. The molecule has 8 heteroatoms. The third-order valence-corrected chi connectivity index (χ3v) is 5.70. The van der Waals surface area contributed by atoms with Gasteiger partial charge in [-0.2, -0.15) is 5.10 Å². The summed E-state index contributed by atoms with van der Waals surface area (Å²) < 4.78 is 4.60. The molecule has 2 aromatic rings. The molecule has 0 spiro atoms. The highest BCUT2D eigenvalue weighted by atomic mass is 16.2. The van der Waals surface area contributed by atoms with Gasteiger partial charge in [-0.25, -0.2) is 9.48 Å². The number of pyridine rings is 1. The molecule has 3 rings (SSSR count). The fourth-order valence-electron chi connectivity index (χ4n) is 3.77. The lowest BCUT2D eigenvalue weighted by molar-refractivity contribution is 0.0707. The number of amides is 1. The fraction of sp³-hybridized carbons (Fsp3) is 0.579. The Hall–Kier alpha value is -2.64. The van der Waals surface area contributed by atoms with Crippen molar-refractivity contribution < 1.29 is 4.79 Å². The summed E-state index contributed by atoms with van der Waals surface area (Å²) in [4.78, 5) is 39.2. The van der Waals surface area contributed by atoms with E-state index in [9.17, 15) is 14.4 Å². The normalized spacial score (nSPS) is 15.4. The molecule has 0 N–H and O–H groups in total. The Labute approximate surface area is 158 Å². The molecule has 1 fully saturated rings. The van der Waals surface area contributed by atoms with Crippen LogP contribution in [0.3, 0.4) is 0 Å². The van der Waals surface area contributed by atoms with Gasteiger partial charge in [-0.15, -0.1) is 0 Å². The molecule has 2 aromatic heterocycles. The first kappa shape index (κ1) is 19.1. The highest BCUT2D eigenvalue weighted by Crippen LogP contribution is 2.26. The molecule has 0 aliphatic carbocycles. The summed E-state index contributed by atoms with van der Waals surface area (Å²) in [5.74, 6) is 0.718. The average Bonchev–Trinajstić information content (AvgIpc) is 2.96. The Morgan fingerprint density at radius 3 is 2.41 bits per heavy atom. The molecular formula is C19H27N5O3. The maximum absolute atomic E-state index is 12.9. The standard InChI is InChI=1S/C19H27N5O3/c1-6-24-16(20-22(5)19(24)27)14-7-9-23(10-8-14)18(26)15-11-12(2)13(3)21(4)17(15)25/h11,14H,6-10H2,1-5H3. The Morgan fingerprint density at radius 1 is 1.19 bits per heavy atom. The number of likely N-dealkylation sites (tertiary alicyclic amines) is 1. The highest BCUT2D eigenvalue weighted by molar-refractivity contribution is 5.94. The molecule has 3 heterocycles. The number of rotatable bonds is 3. The van der Waals surface area contributed by atoms with Gasteiger partial charge in [0.2, 0.25) is 0 Å². The van der Waals surface area contributed by atoms with Gasteiger partial charge in [-0.3, -0.25) is 14.2 Å². The number of aryl methyl sites for hydroxylation is 2. The molecule has 146 valence electrons. The lowest BCUT2D eigenvalue weighted by atomic mass is 9.95. The van der Waals surface area contributed by atoms with E-state index in [1.165, 1.54) is 9.25 Å². The Morgan fingerprint density at radius 2 is 1.81 bits per heavy atom. The van der Waals surface area contributed by atoms with Crippen molar-refractivity contribution >= 4 is 5.91 Å². The second kappa shape index (κ2) is 7.17. The van der Waals surface area contributed by atoms with Crippen LogP contribution < -0.4 is 11.2 Å². The summed E-state index contributed by atoms with van der Waals surface area (Å²) >= 11 is 0. The number of hydrogen-bond donors (Lipinski definition) is 0. The second-order valence-electron chi connectivity index (χ2n) is 7.27. The van der Waals surface area contributed by atoms with Gasteiger partial charge in [0.25, 0.3) is 11.5 Å². The van der Waals surface area contributed by atoms with Crippen LogP contribution in [0.1, 0.15) is 53.1 Å². The highest BCUT2D eigenvalue weighted by Gasteiger charge is 2.29. The van der Waals surface area contributed by atoms with Gasteiger partial charge in [0.15, 0.2) is 0 Å². The summed E-state index contributed by atoms with van der Waals surface area (Å²) in [6.07, 6.45) is 1.46. The van der Waals surface area contributed by atoms with E-state index in [-0.39, 0.29) is 28.6 Å². The third-order valence-electron chi connectivity index (χ3n) is 5.70. The van der Waals surface area contributed by atoms with Crippen molar-refractivity contribution in [2.24, 2.45) is 14.1 Å². The van der Waals surface area contributed by atoms with Gasteiger partial charge in [0, 0.05) is 45.3 Å². The van der Waals surface area contributed by atoms with Crippen LogP contribution in [-0.4, -0.2) is 42.8 Å². The minimum Gasteiger partial charge on any atom is -0.338 e. The number of aromatic nitrogens is 4. The van der Waals surface area contributed by atoms with E-state index < -0.39 is 0 Å². The molecule has 0 radical (unpaired) electrons. The van der Waals surface area contributed by atoms with Crippen molar-refractivity contribution in [3.05, 3.63) is 49.5 Å². The van der Waals surface area contributed by atoms with E-state index in [0.717, 1.165) is 29.9 Å². The fourth-order valence-corrected chi connectivity index (χ4v) is 3.77. The van der Waals surface area contributed by atoms with Crippen LogP contribution in [-0.2, 0) is 20.6 Å². The van der Waals surface area contributed by atoms with Crippen molar-refractivity contribution in [3.8, 4) is 0 Å². The van der Waals surface area contributed by atoms with Crippen molar-refractivity contribution in [3.63, 3.8) is 0 Å². The van der Waals surface area contributed by atoms with Gasteiger partial charge in [-0.05, 0) is 45.2 Å². The molecule has 0 aromatic carbocycles. The van der Waals surface area contributed by atoms with Gasteiger partial charge in [-0.1, -0.05) is 0 Å². The quantitative estimate of drug-likeness (QED) is 0.802. The van der Waals surface area contributed by atoms with Crippen molar-refractivity contribution in [1.29, 1.82) is 0 Å². The maximum Gasteiger partial charge on any atom is 0.345 e. The Balaban J connectivity index is 1.79. The van der Waals surface area contributed by atoms with E-state index >= 15 is 0 Å². The van der Waals surface area contributed by atoms with Crippen LogP contribution in [0.4, 0.5) is 0 Å². The molecule has 0 bridgehead atoms. The molecule has 1 aliphatic heterocycles. The zero-order valence-corrected chi connectivity index (χ0v) is 16.7. The van der Waals surface area contributed by atoms with Crippen molar-refractivity contribution in [2.45, 2.75) is 46.1 Å². The van der Waals surface area contributed by atoms with Gasteiger partial charge in [0.05, 0.1) is 0 Å². The predicted molar refractivity (Wildman–Crippen MR) is 102 cm³/mol. The molecule has 1 saturated heterocycles. The molecule has 0 unspecified atom stereocenters. The summed E-state index contributed by atoms with van der Waals surface area (Å²) in [6, 6.07) is 1.69. The lowest BCUT2D eigenvalue weighted by Crippen LogP contribution is -2.41. The van der Waals surface area contributed by atoms with E-state index in [4.69, 9.17) is 0 Å². The zero-order chi connectivity index (χ0) is 19.9. The number of hydrogen-bond acceptors (Lipinski definition) is 4. The van der Waals surface area contributed by atoms with E-state index in [2.05, 4.69) is 5.10 Å². The summed E-state index contributed by atoms with van der Waals surface area (Å²) in [6.45, 7) is 7.39. The number of carbonyl (C=O) groups excluding carboxylic acids is 1. The summed E-state index contributed by atoms with van der Waals surface area (Å²) in [7, 11) is 3.35. The predicted octanol–water partition coefficient (Wildman–Crippen LogP) is 0.937. The monoisotopic (exact) mass is 373 g/mol. The SMILES string of the molecule is CCn1c(C2CCN(C(=O)c3cc(C)c(C)n(C)c3=O)CC2)nn(C)c1=O. The van der Waals surface area contributed by atoms with Crippen LogP contribution >= 0.6 is 0 Å². The Bertz CT molecular complexity index is 990. The molecule has 0 atom stereocenters. The minimum atomic E-state index is -0.255. The number of carbonyl (C=O) groups is 1. The van der Waals surface area contributed by atoms with Gasteiger partial charge < -0.3 is 9.47 Å². The van der Waals surface area contributed by atoms with Crippen LogP contribution in [0.15, 0.2) is 15.7 Å². The molecule has 1 aliphatic rings. The van der Waals surface area contributed by atoms with Crippen LogP contribution in [0.2, 0.25) is 0 Å². The third kappa shape index (κ3) is 3.24. The smallest absolute Gasteiger partial charge is 0.338 e. The van der Waals surface area contributed by atoms with Crippen molar-refractivity contribution in [2.75, 3.05) is 13.1 Å². The summed E-state index contributed by atoms with van der Waals surface area (Å²) in [5, 5.41) is 4.39. The van der Waals surface area contributed by atoms with E-state index in [0.29, 0.717) is 19.6 Å². The minimum absolute atomic E-state index is 0.107. The molecule has 0 saturated carbocycles. The Kier molecular flexibility index (Phi) is 5.08. The largest absolute Gasteiger partial charge is 0.345 e. The van der Waals surface area contributed by atoms with E-state index in [1.54, 1.807) is 29.6 Å². The van der Waals surface area contributed by atoms with Gasteiger partial charge >= 0.3 is 5.69 Å². The first-order chi connectivity index (χ1) is 12.8. The van der Waals surface area contributed by atoms with Crippen LogP contribution in [0.5, 0.6) is 0 Å². The molecular weight excluding hydrogens is 346 g/mol. The molecule has 27 heavy (non-hydrogen) atoms. The summed E-state index contributed by atoms with van der Waals surface area (Å²) in [5.41, 5.74) is 1.65. The second-order valence-corrected chi connectivity index (χ2v) is 7.27. The maximum atomic E-state index is 12.9. The van der Waals surface area contributed by atoms with Crippen LogP contribution in [0, 0.1) is 13.8 Å². The first-order valence-electron chi connectivity index (χ1n) is 9.36. The zero-order valence-electron chi connectivity index (χ0n) is 16.7. The van der Waals surface area contributed by atoms with Gasteiger partial charge in [0.1, 0.15) is 11.4 Å². The molecule has 8 nitrogen and oxygen atoms in total. The van der Waals surface area contributed by atoms with Crippen molar-refractivity contribution in [1.82, 2.24) is 23.8 Å². The lowest BCUT2D eigenvalue weighted by Gasteiger charge is -2.31. The van der Waals surface area contributed by atoms with E-state index in [1.807, 2.05) is 20.8 Å². The first-order valence-corrected chi connectivity index (χ1v) is 9.36. The number of nitrogens with zero attached hydrogens (tertiary/aromatic N) is 5.